The molecule has 242 valence electrons. The van der Waals surface area contributed by atoms with Crippen LogP contribution in [0.1, 0.15) is 18.4 Å². The number of phenolic OH excluding ortho intramolecular Hbond substituents is 5. The summed E-state index contributed by atoms with van der Waals surface area (Å²) in [7, 11) is 0. The largest absolute Gasteiger partial charge is 0.504 e. The first-order valence-corrected chi connectivity index (χ1v) is 16.5. The molecular formula is C44H30O6. The normalized spacial score (nSPS) is 13.1. The first-order valence-electron chi connectivity index (χ1n) is 16.5. The smallest absolute Gasteiger partial charge is 0.208 e. The second kappa shape index (κ2) is 11.2. The Bertz CT molecular complexity index is 2720. The van der Waals surface area contributed by atoms with E-state index in [-0.39, 0.29) is 11.1 Å². The van der Waals surface area contributed by atoms with Crippen LogP contribution in [0, 0.1) is 0 Å². The zero-order valence-corrected chi connectivity index (χ0v) is 26.7. The molecule has 0 atom stereocenters. The molecule has 0 radical (unpaired) electrons. The second-order valence-electron chi connectivity index (χ2n) is 12.6. The maximum Gasteiger partial charge on any atom is 0.208 e. The number of benzene rings is 7. The molecule has 0 amide bonds. The first kappa shape index (κ1) is 29.5. The van der Waals surface area contributed by atoms with Crippen molar-refractivity contribution in [3.8, 4) is 62.1 Å². The number of fused-ring (bicyclic) bond motifs is 5. The van der Waals surface area contributed by atoms with Crippen molar-refractivity contribution in [2.24, 2.45) is 0 Å². The monoisotopic (exact) mass is 654 g/mol. The van der Waals surface area contributed by atoms with Crippen LogP contribution in [-0.4, -0.2) is 25.5 Å². The van der Waals surface area contributed by atoms with Gasteiger partial charge in [0.05, 0.1) is 5.56 Å². The van der Waals surface area contributed by atoms with Gasteiger partial charge in [0.15, 0.2) is 11.5 Å². The Morgan fingerprint density at radius 1 is 0.420 bits per heavy atom. The third-order valence-electron chi connectivity index (χ3n) is 9.86. The van der Waals surface area contributed by atoms with Crippen molar-refractivity contribution in [2.45, 2.75) is 12.8 Å². The molecule has 0 unspecified atom stereocenters. The fourth-order valence-corrected chi connectivity index (χ4v) is 7.55. The summed E-state index contributed by atoms with van der Waals surface area (Å²) in [5.41, 5.74) is 7.35. The van der Waals surface area contributed by atoms with Crippen LogP contribution in [0.3, 0.4) is 0 Å². The lowest BCUT2D eigenvalue weighted by atomic mass is 9.85. The van der Waals surface area contributed by atoms with E-state index in [4.69, 9.17) is 4.42 Å². The van der Waals surface area contributed by atoms with E-state index in [2.05, 4.69) is 85.0 Å². The van der Waals surface area contributed by atoms with E-state index >= 15 is 0 Å². The summed E-state index contributed by atoms with van der Waals surface area (Å²) in [6, 6.07) is 36.8. The summed E-state index contributed by atoms with van der Waals surface area (Å²) in [5, 5.41) is 58.4. The van der Waals surface area contributed by atoms with Gasteiger partial charge >= 0.3 is 0 Å². The van der Waals surface area contributed by atoms with Crippen molar-refractivity contribution in [1.82, 2.24) is 0 Å². The van der Waals surface area contributed by atoms with Gasteiger partial charge in [0.1, 0.15) is 11.2 Å². The molecule has 0 bridgehead atoms. The number of allylic oxidation sites excluding steroid dienone is 4. The molecule has 8 aromatic rings. The van der Waals surface area contributed by atoms with Crippen LogP contribution >= 0.6 is 0 Å². The lowest BCUT2D eigenvalue weighted by molar-refractivity contribution is 0.330. The molecule has 7 aromatic carbocycles. The van der Waals surface area contributed by atoms with Crippen molar-refractivity contribution in [3.63, 3.8) is 0 Å². The van der Waals surface area contributed by atoms with Crippen molar-refractivity contribution in [1.29, 1.82) is 0 Å². The van der Waals surface area contributed by atoms with E-state index < -0.39 is 28.7 Å². The molecule has 1 heterocycles. The standard InChI is InChI=1S/C44H30O6/c45-38-37(39(46)41(48)42(49)40(38)47)33-22-10-20-31-30-19-9-21-32(43(30)50-44(31)33)36-28-17-7-15-26(24-11-3-1-4-12-24)34(28)23-35-27(16-8-18-29(35)36)25-13-5-2-6-14-25/h1,3-5,7-23,45-49H,2,6H2. The molecule has 5 N–H and O–H groups in total. The van der Waals surface area contributed by atoms with Crippen LogP contribution in [-0.2, 0) is 0 Å². The number of rotatable bonds is 4. The lowest BCUT2D eigenvalue weighted by Crippen LogP contribution is -1.93. The summed E-state index contributed by atoms with van der Waals surface area (Å²) in [6.07, 6.45) is 8.74. The fourth-order valence-electron chi connectivity index (χ4n) is 7.55. The molecule has 6 heteroatoms. The third-order valence-corrected chi connectivity index (χ3v) is 9.86. The fraction of sp³-hybridized carbons (Fsp3) is 0.0455. The van der Waals surface area contributed by atoms with E-state index in [0.717, 1.165) is 67.6 Å². The van der Waals surface area contributed by atoms with Crippen LogP contribution in [0.15, 0.2) is 132 Å². The van der Waals surface area contributed by atoms with Crippen molar-refractivity contribution in [2.75, 3.05) is 0 Å². The number of aromatic hydroxyl groups is 5. The minimum Gasteiger partial charge on any atom is -0.504 e. The van der Waals surface area contributed by atoms with Crippen molar-refractivity contribution < 1.29 is 29.9 Å². The average molecular weight is 655 g/mol. The summed E-state index contributed by atoms with van der Waals surface area (Å²) in [5.74, 6) is -4.46. The number of hydrogen-bond acceptors (Lipinski definition) is 6. The van der Waals surface area contributed by atoms with Crippen LogP contribution in [0.2, 0.25) is 0 Å². The van der Waals surface area contributed by atoms with Gasteiger partial charge in [0, 0.05) is 27.5 Å². The summed E-state index contributed by atoms with van der Waals surface area (Å²) in [6.45, 7) is 0. The summed E-state index contributed by atoms with van der Waals surface area (Å²) >= 11 is 0. The van der Waals surface area contributed by atoms with Crippen LogP contribution in [0.4, 0.5) is 0 Å². The predicted molar refractivity (Wildman–Crippen MR) is 200 cm³/mol. The van der Waals surface area contributed by atoms with Gasteiger partial charge in [-0.25, -0.2) is 0 Å². The topological polar surface area (TPSA) is 114 Å². The van der Waals surface area contributed by atoms with Gasteiger partial charge in [-0.05, 0) is 62.7 Å². The molecule has 1 aliphatic rings. The van der Waals surface area contributed by atoms with Crippen molar-refractivity contribution in [3.05, 3.63) is 133 Å². The zero-order chi connectivity index (χ0) is 34.1. The molecule has 0 fully saturated rings. The van der Waals surface area contributed by atoms with Gasteiger partial charge in [-0.1, -0.05) is 121 Å². The second-order valence-corrected chi connectivity index (χ2v) is 12.6. The maximum atomic E-state index is 10.9. The van der Waals surface area contributed by atoms with E-state index in [0.29, 0.717) is 16.6 Å². The molecule has 1 aromatic heterocycles. The van der Waals surface area contributed by atoms with E-state index in [1.54, 1.807) is 12.1 Å². The zero-order valence-electron chi connectivity index (χ0n) is 26.7. The number of phenols is 5. The Morgan fingerprint density at radius 3 is 1.54 bits per heavy atom. The van der Waals surface area contributed by atoms with E-state index in [1.807, 2.05) is 30.3 Å². The molecule has 50 heavy (non-hydrogen) atoms. The highest BCUT2D eigenvalue weighted by molar-refractivity contribution is 6.22. The molecule has 0 saturated carbocycles. The third kappa shape index (κ3) is 4.28. The molecule has 0 saturated heterocycles. The summed E-state index contributed by atoms with van der Waals surface area (Å²) < 4.78 is 6.73. The van der Waals surface area contributed by atoms with Gasteiger partial charge in [-0.3, -0.25) is 0 Å². The quantitative estimate of drug-likeness (QED) is 0.0733. The van der Waals surface area contributed by atoms with Gasteiger partial charge < -0.3 is 29.9 Å². The SMILES string of the molecule is Oc1c(O)c(O)c(-c2cccc3c2oc2c(-c4c5cccc(C6=CCCC=C6)c5cc5c(-c6ccccc6)cccc45)cccc23)c(O)c1O. The Hall–Kier alpha value is -6.66. The predicted octanol–water partition coefficient (Wildman–Crippen LogP) is 11.2. The minimum absolute atomic E-state index is 0.234. The van der Waals surface area contributed by atoms with E-state index in [9.17, 15) is 25.5 Å². The van der Waals surface area contributed by atoms with Gasteiger partial charge in [0.25, 0.3) is 0 Å². The Kier molecular flexibility index (Phi) is 6.61. The highest BCUT2D eigenvalue weighted by Gasteiger charge is 2.27. The van der Waals surface area contributed by atoms with Crippen LogP contribution < -0.4 is 0 Å². The van der Waals surface area contributed by atoms with Gasteiger partial charge in [0.2, 0.25) is 17.2 Å². The van der Waals surface area contributed by atoms with E-state index in [1.165, 1.54) is 5.57 Å². The highest BCUT2D eigenvalue weighted by Crippen LogP contribution is 2.56. The molecular weight excluding hydrogens is 624 g/mol. The van der Waals surface area contributed by atoms with Crippen molar-refractivity contribution >= 4 is 49.1 Å². The minimum atomic E-state index is -1.01. The number of para-hydroxylation sites is 2. The molecule has 0 aliphatic heterocycles. The van der Waals surface area contributed by atoms with Crippen LogP contribution in [0.5, 0.6) is 28.7 Å². The average Bonchev–Trinajstić information content (AvgIpc) is 3.56. The first-order chi connectivity index (χ1) is 24.4. The molecule has 1 aliphatic carbocycles. The van der Waals surface area contributed by atoms with Gasteiger partial charge in [-0.2, -0.15) is 0 Å². The van der Waals surface area contributed by atoms with Gasteiger partial charge in [-0.15, -0.1) is 0 Å². The molecule has 6 nitrogen and oxygen atoms in total. The lowest BCUT2D eigenvalue weighted by Gasteiger charge is -2.18. The van der Waals surface area contributed by atoms with Crippen LogP contribution in [0.25, 0.3) is 82.4 Å². The summed E-state index contributed by atoms with van der Waals surface area (Å²) in [4.78, 5) is 0. The Morgan fingerprint density at radius 2 is 0.940 bits per heavy atom. The number of hydrogen-bond donors (Lipinski definition) is 5. The Labute approximate surface area is 286 Å². The highest BCUT2D eigenvalue weighted by atomic mass is 16.4. The Balaban J connectivity index is 1.40. The maximum absolute atomic E-state index is 10.9. The molecule has 0 spiro atoms. The number of furan rings is 1. The molecule has 9 rings (SSSR count).